The zero-order valence-corrected chi connectivity index (χ0v) is 23.1. The molecule has 5 rings (SSSR count). The molecule has 2 N–H and O–H groups in total. The van der Waals surface area contributed by atoms with Crippen molar-refractivity contribution >= 4 is 11.9 Å². The molecule has 0 aliphatic heterocycles. The van der Waals surface area contributed by atoms with Gasteiger partial charge in [0.25, 0.3) is 0 Å². The van der Waals surface area contributed by atoms with E-state index in [0.717, 1.165) is 57.3 Å². The van der Waals surface area contributed by atoms with E-state index in [9.17, 15) is 9.59 Å². The molecule has 190 valence electrons. The van der Waals surface area contributed by atoms with Gasteiger partial charge < -0.3 is 17.6 Å². The van der Waals surface area contributed by atoms with E-state index in [1.165, 1.54) is 57.8 Å². The number of carboxylic acid groups (broad SMARTS) is 2. The van der Waals surface area contributed by atoms with Crippen LogP contribution in [-0.4, -0.2) is 22.2 Å². The summed E-state index contributed by atoms with van der Waals surface area (Å²) in [5.41, 5.74) is 7.07. The molecule has 0 aromatic heterocycles. The molecule has 5 aliphatic rings. The predicted octanol–water partition coefficient (Wildman–Crippen LogP) is 7.94. The average Bonchev–Trinajstić information content (AvgIpc) is 3.13. The largest absolute Gasteiger partial charge is 2.00 e. The van der Waals surface area contributed by atoms with Crippen LogP contribution in [0.4, 0.5) is 0 Å². The zero-order valence-electron chi connectivity index (χ0n) is 21.5. The molecule has 0 spiro atoms. The van der Waals surface area contributed by atoms with Crippen LogP contribution in [0.3, 0.4) is 0 Å². The molecule has 0 aromatic rings. The van der Waals surface area contributed by atoms with Crippen LogP contribution in [0.5, 0.6) is 0 Å². The second kappa shape index (κ2) is 15.9. The van der Waals surface area contributed by atoms with Gasteiger partial charge >= 0.3 is 33.7 Å². The minimum Gasteiger partial charge on any atom is -0.481 e. The molecule has 2 fully saturated rings. The van der Waals surface area contributed by atoms with Crippen molar-refractivity contribution in [2.75, 3.05) is 0 Å². The Labute approximate surface area is 222 Å². The van der Waals surface area contributed by atoms with Crippen LogP contribution in [0.15, 0.2) is 22.3 Å². The van der Waals surface area contributed by atoms with Crippen molar-refractivity contribution in [2.45, 2.75) is 116 Å². The molecule has 4 nitrogen and oxygen atoms in total. The monoisotopic (exact) mass is 506 g/mol. The Morgan fingerprint density at radius 1 is 0.706 bits per heavy atom. The van der Waals surface area contributed by atoms with Gasteiger partial charge in [-0.2, -0.15) is 5.57 Å². The van der Waals surface area contributed by atoms with Crippen LogP contribution in [0.1, 0.15) is 116 Å². The van der Waals surface area contributed by atoms with Gasteiger partial charge in [0, 0.05) is 0 Å². The Morgan fingerprint density at radius 2 is 1.18 bits per heavy atom. The smallest absolute Gasteiger partial charge is 0.481 e. The summed E-state index contributed by atoms with van der Waals surface area (Å²) in [6, 6.07) is 0. The molecule has 5 heteroatoms. The molecule has 0 amide bonds. The topological polar surface area (TPSA) is 74.6 Å². The Morgan fingerprint density at radius 3 is 1.65 bits per heavy atom. The van der Waals surface area contributed by atoms with E-state index < -0.39 is 11.9 Å². The summed E-state index contributed by atoms with van der Waals surface area (Å²) in [5, 5.41) is 17.1. The molecule has 0 saturated heterocycles. The van der Waals surface area contributed by atoms with Crippen LogP contribution >= 0.6 is 0 Å². The number of carboxylic acids is 2. The normalized spacial score (nSPS) is 24.4. The fourth-order valence-corrected chi connectivity index (χ4v) is 6.21. The Bertz CT molecular complexity index is 652. The fourth-order valence-electron chi connectivity index (χ4n) is 6.21. The van der Waals surface area contributed by atoms with Crippen molar-refractivity contribution in [1.29, 1.82) is 0 Å². The van der Waals surface area contributed by atoms with Gasteiger partial charge in [0.1, 0.15) is 0 Å². The second-order valence-electron chi connectivity index (χ2n) is 10.3. The van der Waals surface area contributed by atoms with Gasteiger partial charge in [-0.05, 0) is 50.9 Å². The van der Waals surface area contributed by atoms with Gasteiger partial charge in [0.15, 0.2) is 0 Å². The predicted molar refractivity (Wildman–Crippen MR) is 135 cm³/mol. The molecule has 0 bridgehead atoms. The minimum atomic E-state index is -0.602. The fraction of sp³-hybridized carbons (Fsp3) is 0.724. The first kappa shape index (κ1) is 31.0. The average molecular weight is 507 g/mol. The van der Waals surface area contributed by atoms with Crippen LogP contribution in [-0.2, 0) is 31.3 Å². The summed E-state index contributed by atoms with van der Waals surface area (Å²) < 4.78 is 0. The van der Waals surface area contributed by atoms with Crippen molar-refractivity contribution in [3.05, 3.63) is 36.1 Å². The van der Waals surface area contributed by atoms with Crippen LogP contribution < -0.4 is 0 Å². The maximum absolute atomic E-state index is 10.4. The van der Waals surface area contributed by atoms with Crippen LogP contribution in [0, 0.1) is 31.6 Å². The van der Waals surface area contributed by atoms with Crippen molar-refractivity contribution in [3.63, 3.8) is 0 Å². The second-order valence-corrected chi connectivity index (χ2v) is 10.3. The number of fused-ring (bicyclic) bond motifs is 1. The third-order valence-corrected chi connectivity index (χ3v) is 8.12. The minimum absolute atomic E-state index is 0. The maximum Gasteiger partial charge on any atom is 2.00 e. The van der Waals surface area contributed by atoms with E-state index in [4.69, 9.17) is 10.2 Å². The first-order chi connectivity index (χ1) is 15.5. The molecule has 0 radical (unpaired) electrons. The van der Waals surface area contributed by atoms with Gasteiger partial charge in [-0.15, -0.1) is 12.0 Å². The SMILES string of the molecule is CC1C2=C(CCC[CH-]2)C2=C1CCCC2.O=C(O)C1CCCCC1.O=C(O)C1CCCCC1.[CH3-].[Ti+2]. The molecular weight excluding hydrogens is 460 g/mol. The summed E-state index contributed by atoms with van der Waals surface area (Å²) in [6.45, 7) is 2.42. The van der Waals surface area contributed by atoms with E-state index in [0.29, 0.717) is 0 Å². The number of carbonyl (C=O) groups is 2. The quantitative estimate of drug-likeness (QED) is 0.294. The number of aliphatic carboxylic acids is 2. The summed E-state index contributed by atoms with van der Waals surface area (Å²) in [6.07, 6.45) is 22.7. The molecule has 34 heavy (non-hydrogen) atoms. The Hall–Kier alpha value is -0.996. The molecule has 0 heterocycles. The summed E-state index contributed by atoms with van der Waals surface area (Å²) in [5.74, 6) is -0.484. The standard InChI is InChI=1S/C14H19.2C7H12O2.CH3.Ti/c1-10-11-6-2-4-8-13(11)14-9-5-3-7-12(10)14;2*8-7(9)6-4-2-1-3-5-6;;/h6,10H,2-5,7-9H2,1H3;2*6H,1-5H2,(H,8,9);1H3;/q-1;;;-1;+2. The van der Waals surface area contributed by atoms with Crippen LogP contribution in [0.25, 0.3) is 0 Å². The first-order valence-electron chi connectivity index (χ1n) is 13.2. The van der Waals surface area contributed by atoms with Gasteiger partial charge in [0.05, 0.1) is 11.8 Å². The van der Waals surface area contributed by atoms with E-state index in [1.807, 2.05) is 0 Å². The maximum atomic E-state index is 10.4. The van der Waals surface area contributed by atoms with Crippen molar-refractivity contribution in [1.82, 2.24) is 0 Å². The van der Waals surface area contributed by atoms with Crippen molar-refractivity contribution in [3.8, 4) is 0 Å². The number of hydrogen-bond acceptors (Lipinski definition) is 2. The Kier molecular flexibility index (Phi) is 14.5. The van der Waals surface area contributed by atoms with Crippen molar-refractivity contribution in [2.24, 2.45) is 17.8 Å². The molecule has 2 saturated carbocycles. The summed E-state index contributed by atoms with van der Waals surface area (Å²) in [7, 11) is 0. The first-order valence-corrected chi connectivity index (χ1v) is 13.2. The number of rotatable bonds is 2. The van der Waals surface area contributed by atoms with Crippen molar-refractivity contribution < 1.29 is 41.5 Å². The molecule has 1 unspecified atom stereocenters. The number of allylic oxidation sites excluding steroid dienone is 4. The molecule has 5 aliphatic carbocycles. The van der Waals surface area contributed by atoms with E-state index in [2.05, 4.69) is 13.3 Å². The molecule has 0 aromatic carbocycles. The van der Waals surface area contributed by atoms with E-state index in [1.54, 1.807) is 22.3 Å². The molecular formula is C29H46O4Ti. The van der Waals surface area contributed by atoms with E-state index in [-0.39, 0.29) is 41.0 Å². The van der Waals surface area contributed by atoms with Gasteiger partial charge in [-0.1, -0.05) is 70.3 Å². The third-order valence-electron chi connectivity index (χ3n) is 8.12. The Balaban J connectivity index is 0.000000258. The van der Waals surface area contributed by atoms with E-state index >= 15 is 0 Å². The van der Waals surface area contributed by atoms with Crippen LogP contribution in [0.2, 0.25) is 0 Å². The summed E-state index contributed by atoms with van der Waals surface area (Å²) in [4.78, 5) is 20.7. The number of hydrogen-bond donors (Lipinski definition) is 2. The zero-order chi connectivity index (χ0) is 22.9. The third kappa shape index (κ3) is 8.59. The van der Waals surface area contributed by atoms with Gasteiger partial charge in [-0.25, -0.2) is 12.0 Å². The summed E-state index contributed by atoms with van der Waals surface area (Å²) >= 11 is 0. The van der Waals surface area contributed by atoms with Gasteiger partial charge in [-0.3, -0.25) is 9.59 Å². The molecule has 1 atom stereocenters. The van der Waals surface area contributed by atoms with Gasteiger partial charge in [0.2, 0.25) is 0 Å².